The molecule has 1 aliphatic heterocycles. The quantitative estimate of drug-likeness (QED) is 0.896. The Kier molecular flexibility index (Phi) is 4.20. The number of carbonyl (C=O) groups excluding carboxylic acids is 1. The van der Waals surface area contributed by atoms with Gasteiger partial charge in [-0.05, 0) is 30.5 Å². The maximum Gasteiger partial charge on any atom is 0.228 e. The lowest BCUT2D eigenvalue weighted by molar-refractivity contribution is -0.132. The van der Waals surface area contributed by atoms with Crippen molar-refractivity contribution in [1.82, 2.24) is 19.7 Å². The second-order valence-corrected chi connectivity index (χ2v) is 5.73. The van der Waals surface area contributed by atoms with Gasteiger partial charge in [0.25, 0.3) is 0 Å². The van der Waals surface area contributed by atoms with E-state index < -0.39 is 6.10 Å². The van der Waals surface area contributed by atoms with Crippen molar-refractivity contribution in [2.24, 2.45) is 7.05 Å². The van der Waals surface area contributed by atoms with Gasteiger partial charge in [-0.15, -0.1) is 0 Å². The SMILES string of the molecule is Cn1cc(C[C@@H]2[C@@H](O)CCN2C(=O)Cc2ccccn2)cn1. The van der Waals surface area contributed by atoms with E-state index in [4.69, 9.17) is 0 Å². The third-order valence-corrected chi connectivity index (χ3v) is 4.09. The monoisotopic (exact) mass is 300 g/mol. The van der Waals surface area contributed by atoms with Crippen molar-refractivity contribution in [3.8, 4) is 0 Å². The molecule has 6 heteroatoms. The first-order valence-corrected chi connectivity index (χ1v) is 7.48. The lowest BCUT2D eigenvalue weighted by Gasteiger charge is -2.26. The van der Waals surface area contributed by atoms with Crippen molar-refractivity contribution in [2.45, 2.75) is 31.4 Å². The van der Waals surface area contributed by atoms with E-state index in [0.29, 0.717) is 19.4 Å². The van der Waals surface area contributed by atoms with E-state index in [-0.39, 0.29) is 18.4 Å². The molecule has 0 unspecified atom stereocenters. The molecule has 2 atom stereocenters. The van der Waals surface area contributed by atoms with Gasteiger partial charge in [-0.3, -0.25) is 14.5 Å². The Morgan fingerprint density at radius 3 is 3.00 bits per heavy atom. The summed E-state index contributed by atoms with van der Waals surface area (Å²) in [4.78, 5) is 18.5. The molecule has 3 heterocycles. The first-order valence-electron chi connectivity index (χ1n) is 7.48. The molecule has 1 fully saturated rings. The zero-order valence-corrected chi connectivity index (χ0v) is 12.6. The number of rotatable bonds is 4. The molecule has 6 nitrogen and oxygen atoms in total. The average Bonchev–Trinajstić information content (AvgIpc) is 3.07. The molecule has 1 saturated heterocycles. The summed E-state index contributed by atoms with van der Waals surface area (Å²) in [5, 5.41) is 14.3. The van der Waals surface area contributed by atoms with Crippen molar-refractivity contribution >= 4 is 5.91 Å². The lowest BCUT2D eigenvalue weighted by Crippen LogP contribution is -2.41. The maximum absolute atomic E-state index is 12.5. The second-order valence-electron chi connectivity index (χ2n) is 5.73. The smallest absolute Gasteiger partial charge is 0.228 e. The summed E-state index contributed by atoms with van der Waals surface area (Å²) < 4.78 is 1.73. The van der Waals surface area contributed by atoms with Gasteiger partial charge in [0.05, 0.1) is 24.8 Å². The Labute approximate surface area is 129 Å². The van der Waals surface area contributed by atoms with Gasteiger partial charge in [0.1, 0.15) is 0 Å². The molecule has 1 N–H and O–H groups in total. The fraction of sp³-hybridized carbons (Fsp3) is 0.438. The van der Waals surface area contributed by atoms with E-state index >= 15 is 0 Å². The number of likely N-dealkylation sites (tertiary alicyclic amines) is 1. The summed E-state index contributed by atoms with van der Waals surface area (Å²) >= 11 is 0. The zero-order chi connectivity index (χ0) is 15.5. The molecular weight excluding hydrogens is 280 g/mol. The van der Waals surface area contributed by atoms with E-state index in [1.165, 1.54) is 0 Å². The molecule has 0 bridgehead atoms. The minimum atomic E-state index is -0.479. The molecule has 1 aliphatic rings. The van der Waals surface area contributed by atoms with Crippen LogP contribution in [-0.4, -0.2) is 49.4 Å². The van der Waals surface area contributed by atoms with Crippen molar-refractivity contribution in [2.75, 3.05) is 6.54 Å². The number of pyridine rings is 1. The van der Waals surface area contributed by atoms with E-state index in [1.807, 2.05) is 31.4 Å². The molecule has 1 amide bonds. The molecule has 3 rings (SSSR count). The van der Waals surface area contributed by atoms with E-state index in [2.05, 4.69) is 10.1 Å². The minimum Gasteiger partial charge on any atom is -0.391 e. The average molecular weight is 300 g/mol. The summed E-state index contributed by atoms with van der Waals surface area (Å²) in [5.74, 6) is 0.0177. The van der Waals surface area contributed by atoms with Crippen LogP contribution in [0.25, 0.3) is 0 Å². The number of carbonyl (C=O) groups is 1. The van der Waals surface area contributed by atoms with Crippen LogP contribution in [0.5, 0.6) is 0 Å². The van der Waals surface area contributed by atoms with E-state index in [0.717, 1.165) is 11.3 Å². The molecule has 2 aromatic rings. The lowest BCUT2D eigenvalue weighted by atomic mass is 10.0. The molecule has 0 radical (unpaired) electrons. The maximum atomic E-state index is 12.5. The number of amides is 1. The van der Waals surface area contributed by atoms with Crippen LogP contribution in [0.3, 0.4) is 0 Å². The van der Waals surface area contributed by atoms with Gasteiger partial charge < -0.3 is 10.0 Å². The van der Waals surface area contributed by atoms with Crippen molar-refractivity contribution in [1.29, 1.82) is 0 Å². The third kappa shape index (κ3) is 3.17. The minimum absolute atomic E-state index is 0.0177. The summed E-state index contributed by atoms with van der Waals surface area (Å²) in [6.07, 6.45) is 6.44. The van der Waals surface area contributed by atoms with Crippen LogP contribution in [0.2, 0.25) is 0 Å². The van der Waals surface area contributed by atoms with Crippen LogP contribution in [0.1, 0.15) is 17.7 Å². The Balaban J connectivity index is 1.69. The molecule has 2 aromatic heterocycles. The molecule has 0 aliphatic carbocycles. The Bertz CT molecular complexity index is 641. The van der Waals surface area contributed by atoms with E-state index in [1.54, 1.807) is 22.0 Å². The van der Waals surface area contributed by atoms with Crippen LogP contribution >= 0.6 is 0 Å². The highest BCUT2D eigenvalue weighted by Crippen LogP contribution is 2.22. The van der Waals surface area contributed by atoms with Gasteiger partial charge in [0.15, 0.2) is 0 Å². The highest BCUT2D eigenvalue weighted by atomic mass is 16.3. The van der Waals surface area contributed by atoms with E-state index in [9.17, 15) is 9.90 Å². The summed E-state index contributed by atoms with van der Waals surface area (Å²) in [6.45, 7) is 0.595. The first kappa shape index (κ1) is 14.7. The van der Waals surface area contributed by atoms with Crippen LogP contribution < -0.4 is 0 Å². The van der Waals surface area contributed by atoms with Crippen LogP contribution in [0.15, 0.2) is 36.8 Å². The fourth-order valence-electron chi connectivity index (χ4n) is 2.97. The number of aliphatic hydroxyl groups excluding tert-OH is 1. The van der Waals surface area contributed by atoms with Gasteiger partial charge in [-0.25, -0.2) is 0 Å². The van der Waals surface area contributed by atoms with Crippen molar-refractivity contribution in [3.63, 3.8) is 0 Å². The van der Waals surface area contributed by atoms with Gasteiger partial charge in [-0.1, -0.05) is 6.07 Å². The topological polar surface area (TPSA) is 71.2 Å². The second kappa shape index (κ2) is 6.27. The molecule has 0 spiro atoms. The van der Waals surface area contributed by atoms with Crippen molar-refractivity contribution < 1.29 is 9.90 Å². The molecular formula is C16H20N4O2. The number of hydrogen-bond acceptors (Lipinski definition) is 4. The Morgan fingerprint density at radius 2 is 2.32 bits per heavy atom. The fourth-order valence-corrected chi connectivity index (χ4v) is 2.97. The summed E-state index contributed by atoms with van der Waals surface area (Å²) in [5.41, 5.74) is 1.79. The Hall–Kier alpha value is -2.21. The molecule has 116 valence electrons. The molecule has 0 aromatic carbocycles. The van der Waals surface area contributed by atoms with Gasteiger partial charge in [0.2, 0.25) is 5.91 Å². The summed E-state index contributed by atoms with van der Waals surface area (Å²) in [6, 6.07) is 5.38. The standard InChI is InChI=1S/C16H20N4O2/c1-19-11-12(10-18-19)8-14-15(21)5-7-20(14)16(22)9-13-4-2-3-6-17-13/h2-4,6,10-11,14-15,21H,5,7-9H2,1H3/t14-,15+/m1/s1. The predicted molar refractivity (Wildman–Crippen MR) is 81.0 cm³/mol. The highest BCUT2D eigenvalue weighted by molar-refractivity contribution is 5.79. The normalized spacial score (nSPS) is 21.3. The van der Waals surface area contributed by atoms with Crippen LogP contribution in [-0.2, 0) is 24.7 Å². The van der Waals surface area contributed by atoms with Crippen molar-refractivity contribution in [3.05, 3.63) is 48.0 Å². The largest absolute Gasteiger partial charge is 0.391 e. The van der Waals surface area contributed by atoms with Crippen LogP contribution in [0.4, 0.5) is 0 Å². The molecule has 0 saturated carbocycles. The number of aromatic nitrogens is 3. The van der Waals surface area contributed by atoms with Crippen LogP contribution in [0, 0.1) is 0 Å². The number of hydrogen-bond donors (Lipinski definition) is 1. The van der Waals surface area contributed by atoms with Gasteiger partial charge >= 0.3 is 0 Å². The number of aryl methyl sites for hydroxylation is 1. The Morgan fingerprint density at radius 1 is 1.45 bits per heavy atom. The third-order valence-electron chi connectivity index (χ3n) is 4.09. The number of nitrogens with zero attached hydrogens (tertiary/aromatic N) is 4. The highest BCUT2D eigenvalue weighted by Gasteiger charge is 2.36. The van der Waals surface area contributed by atoms with Gasteiger partial charge in [0, 0.05) is 31.7 Å². The van der Waals surface area contributed by atoms with Gasteiger partial charge in [-0.2, -0.15) is 5.10 Å². The summed E-state index contributed by atoms with van der Waals surface area (Å²) in [7, 11) is 1.86. The predicted octanol–water partition coefficient (Wildman–Crippen LogP) is 0.562. The number of aliphatic hydroxyl groups is 1. The first-order chi connectivity index (χ1) is 10.6. The molecule has 22 heavy (non-hydrogen) atoms. The zero-order valence-electron chi connectivity index (χ0n) is 12.6.